The lowest BCUT2D eigenvalue weighted by Crippen LogP contribution is -2.16. The van der Waals surface area contributed by atoms with Gasteiger partial charge in [-0.05, 0) is 30.7 Å². The van der Waals surface area contributed by atoms with E-state index >= 15 is 0 Å². The number of carbonyl (C=O) groups is 1. The number of nitrogens with zero attached hydrogens (tertiary/aromatic N) is 2. The van der Waals surface area contributed by atoms with E-state index in [2.05, 4.69) is 20.7 Å². The number of hydrazine groups is 1. The van der Waals surface area contributed by atoms with Gasteiger partial charge in [0.2, 0.25) is 0 Å². The Hall–Kier alpha value is -2.54. The van der Waals surface area contributed by atoms with Crippen molar-refractivity contribution in [2.24, 2.45) is 5.84 Å². The normalized spacial score (nSPS) is 10.1. The second-order valence-electron chi connectivity index (χ2n) is 3.85. The number of aromatic nitrogens is 2. The van der Waals surface area contributed by atoms with E-state index in [0.717, 1.165) is 0 Å². The average molecular weight is 261 g/mol. The molecule has 0 atom stereocenters. The Morgan fingerprint density at radius 1 is 1.37 bits per heavy atom. The number of benzene rings is 1. The van der Waals surface area contributed by atoms with Crippen LogP contribution in [0.4, 0.5) is 15.9 Å². The zero-order valence-corrected chi connectivity index (χ0v) is 10.1. The molecule has 6 nitrogen and oxygen atoms in total. The molecule has 19 heavy (non-hydrogen) atoms. The largest absolute Gasteiger partial charge is 0.321 e. The number of nitrogens with two attached hydrogens (primary N) is 1. The molecule has 2 rings (SSSR count). The Labute approximate surface area is 108 Å². The average Bonchev–Trinajstić information content (AvgIpc) is 2.43. The fourth-order valence-corrected chi connectivity index (χ4v) is 1.46. The maximum atomic E-state index is 13.1. The first kappa shape index (κ1) is 12.9. The third kappa shape index (κ3) is 3.02. The van der Waals surface area contributed by atoms with Crippen molar-refractivity contribution >= 4 is 17.4 Å². The molecule has 4 N–H and O–H groups in total. The summed E-state index contributed by atoms with van der Waals surface area (Å²) in [6, 6.07) is 4.29. The van der Waals surface area contributed by atoms with Gasteiger partial charge in [0.1, 0.15) is 11.5 Å². The highest BCUT2D eigenvalue weighted by molar-refractivity contribution is 6.02. The van der Waals surface area contributed by atoms with E-state index in [9.17, 15) is 9.18 Å². The molecule has 0 fully saturated rings. The molecule has 1 heterocycles. The molecule has 0 spiro atoms. The minimum absolute atomic E-state index is 0.109. The van der Waals surface area contributed by atoms with Crippen molar-refractivity contribution in [2.45, 2.75) is 6.92 Å². The summed E-state index contributed by atoms with van der Waals surface area (Å²) in [6.45, 7) is 1.61. The molecule has 1 amide bonds. The quantitative estimate of drug-likeness (QED) is 0.574. The second-order valence-corrected chi connectivity index (χ2v) is 3.85. The maximum Gasteiger partial charge on any atom is 0.275 e. The molecule has 0 aliphatic heterocycles. The number of nitrogen functional groups attached to an aromatic ring is 1. The molecule has 1 aromatic heterocycles. The number of halogens is 1. The fourth-order valence-electron chi connectivity index (χ4n) is 1.46. The summed E-state index contributed by atoms with van der Waals surface area (Å²) in [6.07, 6.45) is 2.70. The number of hydrogen-bond donors (Lipinski definition) is 3. The van der Waals surface area contributed by atoms with E-state index in [-0.39, 0.29) is 17.3 Å². The van der Waals surface area contributed by atoms with Crippen molar-refractivity contribution in [1.29, 1.82) is 0 Å². The lowest BCUT2D eigenvalue weighted by molar-refractivity contribution is 0.102. The fraction of sp³-hybridized carbons (Fsp3) is 0.0833. The number of rotatable bonds is 3. The monoisotopic (exact) mass is 261 g/mol. The number of nitrogens with one attached hydrogen (secondary N) is 2. The van der Waals surface area contributed by atoms with E-state index < -0.39 is 5.91 Å². The summed E-state index contributed by atoms with van der Waals surface area (Å²) < 4.78 is 13.1. The summed E-state index contributed by atoms with van der Waals surface area (Å²) in [5.74, 6) is 4.69. The summed E-state index contributed by atoms with van der Waals surface area (Å²) in [5.41, 5.74) is 3.34. The van der Waals surface area contributed by atoms with Crippen molar-refractivity contribution in [1.82, 2.24) is 9.97 Å². The zero-order chi connectivity index (χ0) is 13.8. The van der Waals surface area contributed by atoms with E-state index in [1.165, 1.54) is 30.6 Å². The van der Waals surface area contributed by atoms with Crippen molar-refractivity contribution < 1.29 is 9.18 Å². The molecular weight excluding hydrogens is 249 g/mol. The molecule has 7 heteroatoms. The van der Waals surface area contributed by atoms with Gasteiger partial charge in [0.25, 0.3) is 5.91 Å². The van der Waals surface area contributed by atoms with E-state index in [1.807, 2.05) is 0 Å². The van der Waals surface area contributed by atoms with Gasteiger partial charge >= 0.3 is 0 Å². The first-order chi connectivity index (χ1) is 9.10. The lowest BCUT2D eigenvalue weighted by atomic mass is 10.2. The minimum Gasteiger partial charge on any atom is -0.321 e. The summed E-state index contributed by atoms with van der Waals surface area (Å²) >= 11 is 0. The number of amides is 1. The van der Waals surface area contributed by atoms with Crippen LogP contribution in [-0.2, 0) is 0 Å². The molecule has 0 aliphatic rings. The van der Waals surface area contributed by atoms with Crippen LogP contribution in [-0.4, -0.2) is 15.9 Å². The van der Waals surface area contributed by atoms with E-state index in [4.69, 9.17) is 5.84 Å². The van der Waals surface area contributed by atoms with Gasteiger partial charge in [-0.2, -0.15) is 0 Å². The smallest absolute Gasteiger partial charge is 0.275 e. The van der Waals surface area contributed by atoms with Crippen LogP contribution in [0.2, 0.25) is 0 Å². The van der Waals surface area contributed by atoms with Gasteiger partial charge in [0.15, 0.2) is 5.82 Å². The Kier molecular flexibility index (Phi) is 3.67. The molecule has 0 saturated heterocycles. The standard InChI is InChI=1S/C12H12FN5O/c1-7-4-8(2-3-9(7)13)16-12(19)10-5-15-6-11(17-10)18-14/h2-6H,14H2,1H3,(H,16,19)(H,17,18). The Morgan fingerprint density at radius 2 is 2.16 bits per heavy atom. The minimum atomic E-state index is -0.449. The number of aryl methyl sites for hydroxylation is 1. The van der Waals surface area contributed by atoms with Gasteiger partial charge < -0.3 is 10.7 Å². The SMILES string of the molecule is Cc1cc(NC(=O)c2cncc(NN)n2)ccc1F. The highest BCUT2D eigenvalue weighted by Crippen LogP contribution is 2.14. The summed E-state index contributed by atoms with van der Waals surface area (Å²) in [7, 11) is 0. The Bertz CT molecular complexity index is 617. The van der Waals surface area contributed by atoms with Gasteiger partial charge in [0.05, 0.1) is 12.4 Å². The van der Waals surface area contributed by atoms with Crippen LogP contribution in [0.25, 0.3) is 0 Å². The van der Waals surface area contributed by atoms with Crippen LogP contribution >= 0.6 is 0 Å². The molecule has 98 valence electrons. The lowest BCUT2D eigenvalue weighted by Gasteiger charge is -2.06. The summed E-state index contributed by atoms with van der Waals surface area (Å²) in [5, 5.41) is 2.60. The Morgan fingerprint density at radius 3 is 2.84 bits per heavy atom. The van der Waals surface area contributed by atoms with Gasteiger partial charge in [0, 0.05) is 5.69 Å². The van der Waals surface area contributed by atoms with Gasteiger partial charge in [-0.15, -0.1) is 0 Å². The van der Waals surface area contributed by atoms with Crippen molar-refractivity contribution in [3.05, 3.63) is 47.7 Å². The number of anilines is 2. The van der Waals surface area contributed by atoms with Crippen molar-refractivity contribution in [3.8, 4) is 0 Å². The number of carbonyl (C=O) groups excluding carboxylic acids is 1. The van der Waals surface area contributed by atoms with E-state index in [0.29, 0.717) is 11.3 Å². The van der Waals surface area contributed by atoms with Crippen LogP contribution in [0, 0.1) is 12.7 Å². The van der Waals surface area contributed by atoms with Crippen LogP contribution in [0.1, 0.15) is 16.1 Å². The third-order valence-electron chi connectivity index (χ3n) is 2.43. The Balaban J connectivity index is 2.18. The topological polar surface area (TPSA) is 92.9 Å². The predicted molar refractivity (Wildman–Crippen MR) is 68.9 cm³/mol. The zero-order valence-electron chi connectivity index (χ0n) is 10.1. The van der Waals surface area contributed by atoms with Crippen molar-refractivity contribution in [3.63, 3.8) is 0 Å². The first-order valence-electron chi connectivity index (χ1n) is 5.46. The number of hydrogen-bond acceptors (Lipinski definition) is 5. The van der Waals surface area contributed by atoms with Crippen LogP contribution < -0.4 is 16.6 Å². The molecule has 0 bridgehead atoms. The molecule has 0 saturated carbocycles. The van der Waals surface area contributed by atoms with Crippen LogP contribution in [0.3, 0.4) is 0 Å². The van der Waals surface area contributed by atoms with Crippen molar-refractivity contribution in [2.75, 3.05) is 10.7 Å². The van der Waals surface area contributed by atoms with Crippen LogP contribution in [0.5, 0.6) is 0 Å². The first-order valence-corrected chi connectivity index (χ1v) is 5.46. The molecular formula is C12H12FN5O. The molecule has 0 radical (unpaired) electrons. The van der Waals surface area contributed by atoms with Gasteiger partial charge in [-0.25, -0.2) is 15.2 Å². The third-order valence-corrected chi connectivity index (χ3v) is 2.43. The maximum absolute atomic E-state index is 13.1. The highest BCUT2D eigenvalue weighted by atomic mass is 19.1. The van der Waals surface area contributed by atoms with Gasteiger partial charge in [-0.3, -0.25) is 9.78 Å². The second kappa shape index (κ2) is 5.40. The van der Waals surface area contributed by atoms with E-state index in [1.54, 1.807) is 6.92 Å². The van der Waals surface area contributed by atoms with Gasteiger partial charge in [-0.1, -0.05) is 0 Å². The molecule has 0 aliphatic carbocycles. The molecule has 2 aromatic rings. The molecule has 0 unspecified atom stereocenters. The predicted octanol–water partition coefficient (Wildman–Crippen LogP) is 1.46. The highest BCUT2D eigenvalue weighted by Gasteiger charge is 2.09. The summed E-state index contributed by atoms with van der Waals surface area (Å²) in [4.78, 5) is 19.7. The molecule has 1 aromatic carbocycles. The van der Waals surface area contributed by atoms with Crippen LogP contribution in [0.15, 0.2) is 30.6 Å².